The van der Waals surface area contributed by atoms with E-state index in [0.717, 1.165) is 5.56 Å². The number of aliphatic hydroxyl groups excluding tert-OH is 1. The van der Waals surface area contributed by atoms with E-state index in [1.807, 2.05) is 0 Å². The van der Waals surface area contributed by atoms with Crippen molar-refractivity contribution < 1.29 is 29.3 Å². The highest BCUT2D eigenvalue weighted by atomic mass is 16.5. The van der Waals surface area contributed by atoms with Gasteiger partial charge in [0.15, 0.2) is 0 Å². The number of aliphatic hydroxyl groups is 1. The molecule has 0 aromatic heterocycles. The zero-order valence-corrected chi connectivity index (χ0v) is 14.2. The fourth-order valence-electron chi connectivity index (χ4n) is 3.65. The maximum absolute atomic E-state index is 12.3. The Balaban J connectivity index is 1.87. The average Bonchev–Trinajstić information content (AvgIpc) is 2.89. The Bertz CT molecular complexity index is 801. The number of nitrogens with two attached hydrogens (primary N) is 1. The second-order valence-electron chi connectivity index (χ2n) is 6.54. The number of ether oxygens (including phenoxy) is 1. The van der Waals surface area contributed by atoms with Gasteiger partial charge in [0.2, 0.25) is 11.8 Å². The number of β-lactam (4-membered cyclic amide) rings is 1. The lowest BCUT2D eigenvalue weighted by Crippen LogP contribution is -2.61. The monoisotopic (exact) mass is 360 g/mol. The van der Waals surface area contributed by atoms with Crippen molar-refractivity contribution in [2.24, 2.45) is 11.7 Å². The van der Waals surface area contributed by atoms with Gasteiger partial charge in [-0.05, 0) is 36.1 Å². The molecule has 1 fully saturated rings. The Kier molecular flexibility index (Phi) is 4.80. The fraction of sp³-hybridized carbons (Fsp3) is 0.389. The molecule has 3 rings (SSSR count). The molecule has 0 radical (unpaired) electrons. The number of carboxylic acids is 1. The van der Waals surface area contributed by atoms with E-state index in [1.165, 1.54) is 11.8 Å². The number of primary amides is 1. The zero-order valence-electron chi connectivity index (χ0n) is 14.2. The summed E-state index contributed by atoms with van der Waals surface area (Å²) in [6, 6.07) is 6.75. The number of carboxylic acid groups (broad SMARTS) is 1. The molecule has 0 bridgehead atoms. The Morgan fingerprint density at radius 1 is 1.42 bits per heavy atom. The minimum atomic E-state index is -1.17. The first-order chi connectivity index (χ1) is 12.3. The van der Waals surface area contributed by atoms with Gasteiger partial charge in [0.1, 0.15) is 12.3 Å². The van der Waals surface area contributed by atoms with E-state index in [0.29, 0.717) is 17.6 Å². The lowest BCUT2D eigenvalue weighted by molar-refractivity contribution is -0.161. The predicted molar refractivity (Wildman–Crippen MR) is 90.3 cm³/mol. The number of rotatable bonds is 7. The van der Waals surface area contributed by atoms with Crippen LogP contribution in [0.25, 0.3) is 5.57 Å². The SMILES string of the molecule is C[C@@H](O)[C@H]1C(=O)N2C(C(=O)O)=C(c3cccc(COCC(N)=O)c3)C[C@H]12. The molecular formula is C18H20N2O6. The van der Waals surface area contributed by atoms with Crippen molar-refractivity contribution >= 4 is 23.4 Å². The quantitative estimate of drug-likeness (QED) is 0.591. The number of hydrogen-bond acceptors (Lipinski definition) is 5. The van der Waals surface area contributed by atoms with Gasteiger partial charge in [-0.3, -0.25) is 9.59 Å². The molecule has 0 unspecified atom stereocenters. The van der Waals surface area contributed by atoms with E-state index in [1.54, 1.807) is 24.3 Å². The molecule has 8 nitrogen and oxygen atoms in total. The Hall–Kier alpha value is -2.71. The number of aliphatic carboxylic acids is 1. The van der Waals surface area contributed by atoms with Gasteiger partial charge in [-0.2, -0.15) is 0 Å². The largest absolute Gasteiger partial charge is 0.477 e. The number of carbonyl (C=O) groups excluding carboxylic acids is 2. The van der Waals surface area contributed by atoms with Crippen LogP contribution in [0.4, 0.5) is 0 Å². The van der Waals surface area contributed by atoms with Gasteiger partial charge in [-0.15, -0.1) is 0 Å². The van der Waals surface area contributed by atoms with E-state index >= 15 is 0 Å². The van der Waals surface area contributed by atoms with Gasteiger partial charge in [0.05, 0.1) is 24.7 Å². The molecule has 8 heteroatoms. The van der Waals surface area contributed by atoms with Crippen LogP contribution in [-0.4, -0.2) is 51.6 Å². The number of benzene rings is 1. The maximum atomic E-state index is 12.3. The number of hydrogen-bond donors (Lipinski definition) is 3. The first-order valence-corrected chi connectivity index (χ1v) is 8.24. The third-order valence-electron chi connectivity index (χ3n) is 4.72. The van der Waals surface area contributed by atoms with E-state index in [-0.39, 0.29) is 30.9 Å². The third kappa shape index (κ3) is 3.09. The molecule has 2 aliphatic heterocycles. The second-order valence-corrected chi connectivity index (χ2v) is 6.54. The van der Waals surface area contributed by atoms with Crippen molar-refractivity contribution in [1.82, 2.24) is 4.90 Å². The minimum Gasteiger partial charge on any atom is -0.477 e. The summed E-state index contributed by atoms with van der Waals surface area (Å²) in [6.07, 6.45) is -0.458. The number of nitrogens with zero attached hydrogens (tertiary/aromatic N) is 1. The molecule has 2 aliphatic rings. The number of fused-ring (bicyclic) bond motifs is 1. The topological polar surface area (TPSA) is 130 Å². The van der Waals surface area contributed by atoms with Crippen molar-refractivity contribution in [3.63, 3.8) is 0 Å². The van der Waals surface area contributed by atoms with Crippen LogP contribution in [0.15, 0.2) is 30.0 Å². The highest BCUT2D eigenvalue weighted by Gasteiger charge is 2.56. The maximum Gasteiger partial charge on any atom is 0.352 e. The van der Waals surface area contributed by atoms with Crippen molar-refractivity contribution in [3.05, 3.63) is 41.1 Å². The summed E-state index contributed by atoms with van der Waals surface area (Å²) in [4.78, 5) is 36.0. The molecule has 26 heavy (non-hydrogen) atoms. The van der Waals surface area contributed by atoms with Gasteiger partial charge < -0.3 is 25.6 Å². The summed E-state index contributed by atoms with van der Waals surface area (Å²) in [5, 5.41) is 19.4. The third-order valence-corrected chi connectivity index (χ3v) is 4.72. The molecular weight excluding hydrogens is 340 g/mol. The van der Waals surface area contributed by atoms with Crippen molar-refractivity contribution in [2.75, 3.05) is 6.61 Å². The van der Waals surface area contributed by atoms with Gasteiger partial charge in [-0.25, -0.2) is 4.79 Å². The van der Waals surface area contributed by atoms with E-state index < -0.39 is 23.9 Å². The van der Waals surface area contributed by atoms with E-state index in [2.05, 4.69) is 0 Å². The van der Waals surface area contributed by atoms with E-state index in [9.17, 15) is 24.6 Å². The molecule has 3 atom stereocenters. The summed E-state index contributed by atoms with van der Waals surface area (Å²) in [5.41, 5.74) is 6.98. The molecule has 1 aromatic rings. The summed E-state index contributed by atoms with van der Waals surface area (Å²) in [7, 11) is 0. The van der Waals surface area contributed by atoms with Crippen molar-refractivity contribution in [3.8, 4) is 0 Å². The summed E-state index contributed by atoms with van der Waals surface area (Å²) in [6.45, 7) is 1.50. The molecule has 1 saturated heterocycles. The molecule has 138 valence electrons. The highest BCUT2D eigenvalue weighted by molar-refractivity contribution is 6.06. The lowest BCUT2D eigenvalue weighted by Gasteiger charge is -2.44. The van der Waals surface area contributed by atoms with Crippen LogP contribution in [0.1, 0.15) is 24.5 Å². The first kappa shape index (κ1) is 18.1. The van der Waals surface area contributed by atoms with Crippen molar-refractivity contribution in [1.29, 1.82) is 0 Å². The van der Waals surface area contributed by atoms with Gasteiger partial charge in [-0.1, -0.05) is 18.2 Å². The smallest absolute Gasteiger partial charge is 0.352 e. The standard InChI is InChI=1S/C18H20N2O6/c1-9(21)15-13-6-12(16(18(24)25)20(13)17(15)23)11-4-2-3-10(5-11)7-26-8-14(19)22/h2-5,9,13,15,21H,6-8H2,1H3,(H2,19,22)(H,24,25)/t9-,13-,15-/m1/s1. The second kappa shape index (κ2) is 6.89. The zero-order chi connectivity index (χ0) is 19.0. The van der Waals surface area contributed by atoms with Gasteiger partial charge >= 0.3 is 5.97 Å². The Morgan fingerprint density at radius 2 is 2.15 bits per heavy atom. The summed E-state index contributed by atoms with van der Waals surface area (Å²) >= 11 is 0. The summed E-state index contributed by atoms with van der Waals surface area (Å²) < 4.78 is 5.19. The molecule has 2 amide bonds. The van der Waals surface area contributed by atoms with Crippen LogP contribution in [-0.2, 0) is 25.7 Å². The summed E-state index contributed by atoms with van der Waals surface area (Å²) in [5.74, 6) is -2.68. The van der Waals surface area contributed by atoms with E-state index in [4.69, 9.17) is 10.5 Å². The minimum absolute atomic E-state index is 0.0351. The number of carbonyl (C=O) groups is 3. The molecule has 0 spiro atoms. The average molecular weight is 360 g/mol. The highest BCUT2D eigenvalue weighted by Crippen LogP contribution is 2.46. The number of amides is 2. The van der Waals surface area contributed by atoms with Crippen molar-refractivity contribution in [2.45, 2.75) is 32.1 Å². The molecule has 2 heterocycles. The molecule has 0 saturated carbocycles. The van der Waals surface area contributed by atoms with Crippen LogP contribution in [0, 0.1) is 5.92 Å². The molecule has 4 N–H and O–H groups in total. The molecule has 1 aromatic carbocycles. The van der Waals surface area contributed by atoms with Crippen LogP contribution < -0.4 is 5.73 Å². The van der Waals surface area contributed by atoms with Crippen LogP contribution in [0.2, 0.25) is 0 Å². The van der Waals surface area contributed by atoms with Crippen LogP contribution in [0.3, 0.4) is 0 Å². The Labute approximate surface area is 149 Å². The van der Waals surface area contributed by atoms with Crippen LogP contribution >= 0.6 is 0 Å². The fourth-order valence-corrected chi connectivity index (χ4v) is 3.65. The van der Waals surface area contributed by atoms with Gasteiger partial charge in [0.25, 0.3) is 0 Å². The lowest BCUT2D eigenvalue weighted by atomic mass is 9.82. The van der Waals surface area contributed by atoms with Gasteiger partial charge in [0, 0.05) is 0 Å². The Morgan fingerprint density at radius 3 is 2.77 bits per heavy atom. The first-order valence-electron chi connectivity index (χ1n) is 8.24. The molecule has 0 aliphatic carbocycles. The van der Waals surface area contributed by atoms with Crippen LogP contribution in [0.5, 0.6) is 0 Å². The predicted octanol–water partition coefficient (Wildman–Crippen LogP) is 0.0957. The normalized spacial score (nSPS) is 22.8.